The number of halogens is 3. The third kappa shape index (κ3) is 3.13. The van der Waals surface area contributed by atoms with Crippen LogP contribution in [-0.4, -0.2) is 16.9 Å². The molecule has 0 aliphatic heterocycles. The third-order valence-corrected chi connectivity index (χ3v) is 5.07. The monoisotopic (exact) mass is 383 g/mol. The largest absolute Gasteiger partial charge is 0.454 e. The van der Waals surface area contributed by atoms with Crippen LogP contribution in [0.5, 0.6) is 0 Å². The van der Waals surface area contributed by atoms with Crippen LogP contribution in [0.3, 0.4) is 0 Å². The second-order valence-corrected chi connectivity index (χ2v) is 6.85. The molecule has 0 fully saturated rings. The molecule has 2 nitrogen and oxygen atoms in total. The number of hydrogen-bond acceptors (Lipinski definition) is 3. The summed E-state index contributed by atoms with van der Waals surface area (Å²) < 4.78 is 40.4. The Morgan fingerprint density at radius 1 is 0.889 bits per heavy atom. The number of Topliss-reactive ketones (excluding diaryl/α,β-unsaturated/α-hetero) is 1. The van der Waals surface area contributed by atoms with Gasteiger partial charge in [-0.15, -0.1) is 11.3 Å². The first-order valence-corrected chi connectivity index (χ1v) is 8.98. The van der Waals surface area contributed by atoms with E-state index in [0.717, 1.165) is 0 Å². The highest BCUT2D eigenvalue weighted by Gasteiger charge is 2.43. The van der Waals surface area contributed by atoms with Crippen molar-refractivity contribution in [2.24, 2.45) is 0 Å². The average Bonchev–Trinajstić information content (AvgIpc) is 3.20. The zero-order valence-electron chi connectivity index (χ0n) is 13.8. The Morgan fingerprint density at radius 3 is 2.26 bits per heavy atom. The lowest BCUT2D eigenvalue weighted by atomic mass is 9.91. The smallest absolute Gasteiger partial charge is 0.284 e. The van der Waals surface area contributed by atoms with Crippen LogP contribution < -0.4 is 0 Å². The van der Waals surface area contributed by atoms with Crippen LogP contribution in [0.2, 0.25) is 0 Å². The topological polar surface area (TPSA) is 30.0 Å². The number of thiophene rings is 1. The molecule has 6 heteroatoms. The van der Waals surface area contributed by atoms with Gasteiger partial charge in [-0.25, -0.2) is 4.98 Å². The molecule has 0 saturated heterocycles. The fraction of sp³-hybridized carbons (Fsp3) is 0.0476. The first kappa shape index (κ1) is 17.4. The lowest BCUT2D eigenvalue weighted by Gasteiger charge is -2.17. The lowest BCUT2D eigenvalue weighted by molar-refractivity contribution is -0.0884. The van der Waals surface area contributed by atoms with Gasteiger partial charge in [0, 0.05) is 10.9 Å². The van der Waals surface area contributed by atoms with Crippen molar-refractivity contribution in [3.05, 3.63) is 77.7 Å². The van der Waals surface area contributed by atoms with Crippen LogP contribution in [0.4, 0.5) is 13.2 Å². The number of para-hydroxylation sites is 1. The van der Waals surface area contributed by atoms with E-state index in [2.05, 4.69) is 4.98 Å². The predicted molar refractivity (Wildman–Crippen MR) is 101 cm³/mol. The van der Waals surface area contributed by atoms with Gasteiger partial charge >= 0.3 is 6.18 Å². The van der Waals surface area contributed by atoms with Gasteiger partial charge in [-0.05, 0) is 23.1 Å². The molecule has 0 amide bonds. The van der Waals surface area contributed by atoms with Gasteiger partial charge in [-0.1, -0.05) is 54.6 Å². The van der Waals surface area contributed by atoms with Crippen molar-refractivity contribution in [2.45, 2.75) is 6.18 Å². The highest BCUT2D eigenvalue weighted by molar-refractivity contribution is 7.13. The predicted octanol–water partition coefficient (Wildman–Crippen LogP) is 6.38. The van der Waals surface area contributed by atoms with Crippen LogP contribution >= 0.6 is 11.3 Å². The Labute approximate surface area is 156 Å². The minimum Gasteiger partial charge on any atom is -0.284 e. The molecule has 4 rings (SSSR count). The Bertz CT molecular complexity index is 1120. The number of pyridine rings is 1. The zero-order valence-corrected chi connectivity index (χ0v) is 14.6. The maximum atomic E-state index is 13.5. The number of benzene rings is 2. The number of hydrogen-bond donors (Lipinski definition) is 0. The summed E-state index contributed by atoms with van der Waals surface area (Å²) in [5.41, 5.74) is 0.992. The Balaban J connectivity index is 2.19. The van der Waals surface area contributed by atoms with Crippen LogP contribution in [0, 0.1) is 0 Å². The molecule has 4 aromatic rings. The number of rotatable bonds is 3. The van der Waals surface area contributed by atoms with E-state index in [0.29, 0.717) is 21.3 Å². The molecule has 0 spiro atoms. The molecule has 2 aromatic heterocycles. The molecule has 0 N–H and O–H groups in total. The number of alkyl halides is 3. The van der Waals surface area contributed by atoms with E-state index in [-0.39, 0.29) is 11.3 Å². The maximum absolute atomic E-state index is 13.5. The number of carbonyl (C=O) groups excluding carboxylic acids is 1. The summed E-state index contributed by atoms with van der Waals surface area (Å²) in [6.45, 7) is 0. The Hall–Kier alpha value is -2.99. The molecule has 2 heterocycles. The van der Waals surface area contributed by atoms with Gasteiger partial charge in [0.15, 0.2) is 0 Å². The summed E-state index contributed by atoms with van der Waals surface area (Å²) in [6, 6.07) is 19.0. The highest BCUT2D eigenvalue weighted by Crippen LogP contribution is 2.40. The van der Waals surface area contributed by atoms with Crippen molar-refractivity contribution in [1.82, 2.24) is 4.98 Å². The van der Waals surface area contributed by atoms with E-state index in [1.807, 2.05) is 0 Å². The van der Waals surface area contributed by atoms with Gasteiger partial charge in [0.25, 0.3) is 5.78 Å². The second-order valence-electron chi connectivity index (χ2n) is 5.90. The summed E-state index contributed by atoms with van der Waals surface area (Å²) in [6.07, 6.45) is -5.00. The minimum atomic E-state index is -5.00. The molecule has 27 heavy (non-hydrogen) atoms. The van der Waals surface area contributed by atoms with E-state index >= 15 is 0 Å². The van der Waals surface area contributed by atoms with Crippen molar-refractivity contribution < 1.29 is 18.0 Å². The van der Waals surface area contributed by atoms with E-state index in [1.54, 1.807) is 72.1 Å². The maximum Gasteiger partial charge on any atom is 0.454 e. The Morgan fingerprint density at radius 2 is 1.59 bits per heavy atom. The molecule has 0 radical (unpaired) electrons. The molecular weight excluding hydrogens is 371 g/mol. The molecule has 0 aliphatic carbocycles. The number of nitrogens with zero attached hydrogens (tertiary/aromatic N) is 1. The van der Waals surface area contributed by atoms with Gasteiger partial charge in [0.1, 0.15) is 0 Å². The summed E-state index contributed by atoms with van der Waals surface area (Å²) in [5, 5.41) is 2.26. The normalized spacial score (nSPS) is 11.7. The van der Waals surface area contributed by atoms with Gasteiger partial charge in [0.05, 0.1) is 21.7 Å². The molecular formula is C21H12F3NOS. The summed E-state index contributed by atoms with van der Waals surface area (Å²) in [4.78, 5) is 17.4. The standard InChI is InChI=1S/C21H12F3NOS/c22-21(23,24)20(26)18-17(13-7-2-1-3-8-13)14-9-4-5-10-15(14)25-19(18)16-11-6-12-27-16/h1-12H. The van der Waals surface area contributed by atoms with Gasteiger partial charge in [-0.2, -0.15) is 13.2 Å². The number of fused-ring (bicyclic) bond motifs is 1. The van der Waals surface area contributed by atoms with E-state index in [4.69, 9.17) is 0 Å². The molecule has 134 valence electrons. The number of aromatic nitrogens is 1. The summed E-state index contributed by atoms with van der Waals surface area (Å²) in [5.74, 6) is -1.89. The third-order valence-electron chi connectivity index (χ3n) is 4.19. The lowest BCUT2D eigenvalue weighted by Crippen LogP contribution is -2.24. The SMILES string of the molecule is O=C(c1c(-c2cccs2)nc2ccccc2c1-c1ccccc1)C(F)(F)F. The highest BCUT2D eigenvalue weighted by atomic mass is 32.1. The van der Waals surface area contributed by atoms with Crippen LogP contribution in [0.25, 0.3) is 32.6 Å². The summed E-state index contributed by atoms with van der Waals surface area (Å²) >= 11 is 1.25. The first-order chi connectivity index (χ1) is 13.0. The van der Waals surface area contributed by atoms with Crippen LogP contribution in [-0.2, 0) is 0 Å². The van der Waals surface area contributed by atoms with Crippen molar-refractivity contribution in [3.8, 4) is 21.7 Å². The molecule has 0 saturated carbocycles. The second kappa shape index (κ2) is 6.63. The van der Waals surface area contributed by atoms with Crippen molar-refractivity contribution in [3.63, 3.8) is 0 Å². The molecule has 0 aliphatic rings. The number of carbonyl (C=O) groups is 1. The minimum absolute atomic E-state index is 0.0601. The first-order valence-electron chi connectivity index (χ1n) is 8.10. The molecule has 0 bridgehead atoms. The van der Waals surface area contributed by atoms with E-state index in [9.17, 15) is 18.0 Å². The van der Waals surface area contributed by atoms with Crippen LogP contribution in [0.1, 0.15) is 10.4 Å². The molecule has 0 unspecified atom stereocenters. The zero-order chi connectivity index (χ0) is 19.0. The number of ketones is 1. The van der Waals surface area contributed by atoms with E-state index in [1.165, 1.54) is 11.3 Å². The fourth-order valence-corrected chi connectivity index (χ4v) is 3.79. The quantitative estimate of drug-likeness (QED) is 0.385. The van der Waals surface area contributed by atoms with Crippen molar-refractivity contribution in [2.75, 3.05) is 0 Å². The fourth-order valence-electron chi connectivity index (χ4n) is 3.07. The van der Waals surface area contributed by atoms with Crippen molar-refractivity contribution >= 4 is 28.0 Å². The van der Waals surface area contributed by atoms with Crippen molar-refractivity contribution in [1.29, 1.82) is 0 Å². The van der Waals surface area contributed by atoms with Crippen LogP contribution in [0.15, 0.2) is 72.1 Å². The molecule has 2 aromatic carbocycles. The van der Waals surface area contributed by atoms with E-state index < -0.39 is 17.5 Å². The van der Waals surface area contributed by atoms with Gasteiger partial charge in [0.2, 0.25) is 0 Å². The van der Waals surface area contributed by atoms with Gasteiger partial charge in [-0.3, -0.25) is 4.79 Å². The summed E-state index contributed by atoms with van der Waals surface area (Å²) in [7, 11) is 0. The van der Waals surface area contributed by atoms with Gasteiger partial charge < -0.3 is 0 Å². The molecule has 0 atom stereocenters. The Kier molecular flexibility index (Phi) is 4.28. The average molecular weight is 383 g/mol.